The number of anilines is 1. The van der Waals surface area contributed by atoms with E-state index in [0.29, 0.717) is 33.9 Å². The van der Waals surface area contributed by atoms with Crippen molar-refractivity contribution in [3.8, 4) is 5.75 Å². The topological polar surface area (TPSA) is 50.8 Å². The van der Waals surface area contributed by atoms with E-state index < -0.39 is 0 Å². The van der Waals surface area contributed by atoms with Gasteiger partial charge in [-0.05, 0) is 43.3 Å². The summed E-state index contributed by atoms with van der Waals surface area (Å²) in [5.74, 6) is 0.635. The van der Waals surface area contributed by atoms with Crippen LogP contribution < -0.4 is 10.1 Å². The number of rotatable bonds is 7. The minimum absolute atomic E-state index is 0.155. The van der Waals surface area contributed by atoms with Gasteiger partial charge in [-0.1, -0.05) is 41.7 Å². The Morgan fingerprint density at radius 3 is 2.75 bits per heavy atom. The number of nitrogens with zero attached hydrogens (tertiary/aromatic N) is 1. The average molecular weight is 444 g/mol. The van der Waals surface area contributed by atoms with Crippen LogP contribution in [0.1, 0.15) is 24.5 Å². The van der Waals surface area contributed by atoms with Gasteiger partial charge in [-0.2, -0.15) is 0 Å². The summed E-state index contributed by atoms with van der Waals surface area (Å²) in [5, 5.41) is 4.38. The molecule has 0 saturated carbocycles. The highest BCUT2D eigenvalue weighted by Gasteiger charge is 2.20. The first kappa shape index (κ1) is 21.2. The van der Waals surface area contributed by atoms with Crippen LogP contribution in [0, 0.1) is 0 Å². The Bertz CT molecular complexity index is 861. The monoisotopic (exact) mass is 442 g/mol. The third-order valence-corrected chi connectivity index (χ3v) is 5.02. The molecule has 1 heterocycles. The maximum atomic E-state index is 12.6. The lowest BCUT2D eigenvalue weighted by atomic mass is 10.1. The van der Waals surface area contributed by atoms with Crippen LogP contribution in [-0.4, -0.2) is 30.7 Å². The summed E-state index contributed by atoms with van der Waals surface area (Å²) in [6.07, 6.45) is 0.904. The van der Waals surface area contributed by atoms with E-state index in [-0.39, 0.29) is 19.2 Å². The summed E-state index contributed by atoms with van der Waals surface area (Å²) in [6, 6.07) is 8.69. The molecule has 28 heavy (non-hydrogen) atoms. The van der Waals surface area contributed by atoms with Crippen molar-refractivity contribution >= 4 is 46.4 Å². The minimum atomic E-state index is -0.155. The van der Waals surface area contributed by atoms with E-state index in [2.05, 4.69) is 12.2 Å². The fourth-order valence-electron chi connectivity index (χ4n) is 3.13. The van der Waals surface area contributed by atoms with Crippen molar-refractivity contribution in [3.63, 3.8) is 0 Å². The van der Waals surface area contributed by atoms with Gasteiger partial charge in [0.1, 0.15) is 5.75 Å². The van der Waals surface area contributed by atoms with Crippen molar-refractivity contribution in [2.24, 2.45) is 0 Å². The van der Waals surface area contributed by atoms with Gasteiger partial charge in [-0.25, -0.2) is 0 Å². The molecule has 2 aromatic rings. The number of hydrogen-bond donors (Lipinski definition) is 1. The predicted molar refractivity (Wildman–Crippen MR) is 112 cm³/mol. The van der Waals surface area contributed by atoms with Gasteiger partial charge in [0.05, 0.1) is 23.9 Å². The summed E-state index contributed by atoms with van der Waals surface area (Å²) in [5.41, 5.74) is 2.40. The molecular weight excluding hydrogens is 423 g/mol. The number of hydrogen-bond acceptors (Lipinski definition) is 4. The van der Waals surface area contributed by atoms with Gasteiger partial charge in [0.2, 0.25) is 5.91 Å². The molecule has 0 aliphatic carbocycles. The van der Waals surface area contributed by atoms with Crippen molar-refractivity contribution in [1.82, 2.24) is 4.90 Å². The Morgan fingerprint density at radius 1 is 1.18 bits per heavy atom. The Balaban J connectivity index is 1.72. The molecule has 150 valence electrons. The summed E-state index contributed by atoms with van der Waals surface area (Å²) in [7, 11) is 0. The highest BCUT2D eigenvalue weighted by molar-refractivity contribution is 6.36. The van der Waals surface area contributed by atoms with E-state index >= 15 is 0 Å². The first-order valence-electron chi connectivity index (χ1n) is 8.95. The molecule has 1 N–H and O–H groups in total. The molecule has 0 saturated heterocycles. The van der Waals surface area contributed by atoms with Crippen LogP contribution in [0.5, 0.6) is 5.75 Å². The summed E-state index contributed by atoms with van der Waals surface area (Å²) in [6.45, 7) is 4.25. The molecule has 5 nitrogen and oxygen atoms in total. The third-order valence-electron chi connectivity index (χ3n) is 4.26. The van der Waals surface area contributed by atoms with Gasteiger partial charge in [0.25, 0.3) is 0 Å². The minimum Gasteiger partial charge on any atom is -0.467 e. The molecule has 2 aromatic carbocycles. The van der Waals surface area contributed by atoms with Crippen molar-refractivity contribution in [3.05, 3.63) is 56.5 Å². The number of fused-ring (bicyclic) bond motifs is 1. The van der Waals surface area contributed by atoms with E-state index in [4.69, 9.17) is 44.3 Å². The van der Waals surface area contributed by atoms with Crippen molar-refractivity contribution in [2.45, 2.75) is 26.5 Å². The molecule has 1 aliphatic rings. The Labute approximate surface area is 179 Å². The zero-order valence-corrected chi connectivity index (χ0v) is 17.7. The van der Waals surface area contributed by atoms with Crippen LogP contribution >= 0.6 is 34.8 Å². The molecule has 8 heteroatoms. The number of nitrogens with one attached hydrogen (secondary N) is 1. The summed E-state index contributed by atoms with van der Waals surface area (Å²) in [4.78, 5) is 14.6. The third kappa shape index (κ3) is 5.52. The van der Waals surface area contributed by atoms with E-state index in [1.54, 1.807) is 18.2 Å². The molecule has 0 fully saturated rings. The van der Waals surface area contributed by atoms with E-state index in [9.17, 15) is 4.79 Å². The molecule has 0 unspecified atom stereocenters. The number of halogens is 3. The maximum Gasteiger partial charge on any atom is 0.238 e. The van der Waals surface area contributed by atoms with Crippen LogP contribution in [0.2, 0.25) is 15.1 Å². The normalized spacial score (nSPS) is 13.2. The van der Waals surface area contributed by atoms with Gasteiger partial charge in [0, 0.05) is 27.7 Å². The Hall–Kier alpha value is -1.50. The standard InChI is InChI=1S/C20H21Cl3N2O3/c1-2-5-25(10-19(26)24-18-4-3-15(21)8-17(18)23)9-13-6-16(22)7-14-11-27-12-28-20(13)14/h3-4,6-8H,2,5,9-12H2,1H3,(H,24,26). The number of ether oxygens (including phenoxy) is 2. The average Bonchev–Trinajstić information content (AvgIpc) is 2.64. The van der Waals surface area contributed by atoms with Gasteiger partial charge < -0.3 is 14.8 Å². The van der Waals surface area contributed by atoms with Gasteiger partial charge in [-0.15, -0.1) is 0 Å². The fourth-order valence-corrected chi connectivity index (χ4v) is 3.85. The summed E-state index contributed by atoms with van der Waals surface area (Å²) >= 11 is 18.3. The number of carbonyl (C=O) groups excluding carboxylic acids is 1. The van der Waals surface area contributed by atoms with Crippen LogP contribution in [0.15, 0.2) is 30.3 Å². The first-order chi connectivity index (χ1) is 13.5. The molecule has 0 radical (unpaired) electrons. The number of amides is 1. The second-order valence-corrected chi connectivity index (χ2v) is 7.83. The van der Waals surface area contributed by atoms with Crippen molar-refractivity contribution in [2.75, 3.05) is 25.2 Å². The Morgan fingerprint density at radius 2 is 2.00 bits per heavy atom. The molecule has 0 spiro atoms. The van der Waals surface area contributed by atoms with Crippen molar-refractivity contribution in [1.29, 1.82) is 0 Å². The highest BCUT2D eigenvalue weighted by Crippen LogP contribution is 2.32. The van der Waals surface area contributed by atoms with Crippen LogP contribution in [-0.2, 0) is 22.7 Å². The number of benzene rings is 2. The van der Waals surface area contributed by atoms with E-state index in [0.717, 1.165) is 29.8 Å². The van der Waals surface area contributed by atoms with Crippen molar-refractivity contribution < 1.29 is 14.3 Å². The zero-order valence-electron chi connectivity index (χ0n) is 15.4. The van der Waals surface area contributed by atoms with Gasteiger partial charge in [-0.3, -0.25) is 9.69 Å². The lowest BCUT2D eigenvalue weighted by Crippen LogP contribution is -2.34. The van der Waals surface area contributed by atoms with Gasteiger partial charge >= 0.3 is 0 Å². The summed E-state index contributed by atoms with van der Waals surface area (Å²) < 4.78 is 11.0. The predicted octanol–water partition coefficient (Wildman–Crippen LogP) is 5.36. The smallest absolute Gasteiger partial charge is 0.238 e. The lowest BCUT2D eigenvalue weighted by molar-refractivity contribution is -0.117. The largest absolute Gasteiger partial charge is 0.467 e. The van der Waals surface area contributed by atoms with Crippen LogP contribution in [0.4, 0.5) is 5.69 Å². The second-order valence-electron chi connectivity index (χ2n) is 6.55. The van der Waals surface area contributed by atoms with E-state index in [1.807, 2.05) is 17.0 Å². The Kier molecular flexibility index (Phi) is 7.43. The molecule has 3 rings (SSSR count). The highest BCUT2D eigenvalue weighted by atomic mass is 35.5. The van der Waals surface area contributed by atoms with Gasteiger partial charge in [0.15, 0.2) is 6.79 Å². The number of carbonyl (C=O) groups is 1. The first-order valence-corrected chi connectivity index (χ1v) is 10.1. The fraction of sp³-hybridized carbons (Fsp3) is 0.350. The quantitative estimate of drug-likeness (QED) is 0.625. The maximum absolute atomic E-state index is 12.6. The second kappa shape index (κ2) is 9.81. The lowest BCUT2D eigenvalue weighted by Gasteiger charge is -2.26. The molecule has 1 amide bonds. The molecule has 0 aromatic heterocycles. The molecule has 1 aliphatic heterocycles. The van der Waals surface area contributed by atoms with Crippen LogP contribution in [0.25, 0.3) is 0 Å². The molecule has 0 atom stereocenters. The van der Waals surface area contributed by atoms with E-state index in [1.165, 1.54) is 0 Å². The van der Waals surface area contributed by atoms with Crippen LogP contribution in [0.3, 0.4) is 0 Å². The zero-order chi connectivity index (χ0) is 20.1. The molecular formula is C20H21Cl3N2O3. The molecule has 0 bridgehead atoms. The SMILES string of the molecule is CCCN(CC(=O)Nc1ccc(Cl)cc1Cl)Cc1cc(Cl)cc2c1OCOC2.